The standard InChI is InChI=1S/C11H13NO2S2/c1-16(13,14)10-8(9(10)11(12)15)7-5-3-2-4-6-7/h2-6,8-10H,1H3,(H2,12,15)/t8-,9+,10-/m0/s1. The molecule has 0 amide bonds. The molecule has 1 aromatic rings. The number of thiocarbonyl (C=S) groups is 1. The van der Waals surface area contributed by atoms with E-state index in [9.17, 15) is 8.42 Å². The van der Waals surface area contributed by atoms with Crippen LogP contribution in [0.15, 0.2) is 30.3 Å². The summed E-state index contributed by atoms with van der Waals surface area (Å²) in [5.41, 5.74) is 6.58. The Bertz CT molecular complexity index is 510. The minimum Gasteiger partial charge on any atom is -0.393 e. The van der Waals surface area contributed by atoms with Crippen LogP contribution in [0, 0.1) is 5.92 Å². The summed E-state index contributed by atoms with van der Waals surface area (Å²) in [5, 5.41) is -0.438. The van der Waals surface area contributed by atoms with Crippen LogP contribution >= 0.6 is 12.2 Å². The lowest BCUT2D eigenvalue weighted by Gasteiger charge is -1.97. The van der Waals surface area contributed by atoms with Gasteiger partial charge in [0.2, 0.25) is 0 Å². The van der Waals surface area contributed by atoms with Crippen LogP contribution in [0.25, 0.3) is 0 Å². The molecule has 0 unspecified atom stereocenters. The molecule has 0 saturated heterocycles. The summed E-state index contributed by atoms with van der Waals surface area (Å²) in [5.74, 6) is -0.263. The Morgan fingerprint density at radius 1 is 1.31 bits per heavy atom. The van der Waals surface area contributed by atoms with Crippen LogP contribution in [0.2, 0.25) is 0 Å². The van der Waals surface area contributed by atoms with Crippen LogP contribution in [-0.2, 0) is 9.84 Å². The van der Waals surface area contributed by atoms with Crippen molar-refractivity contribution in [1.82, 2.24) is 0 Å². The molecule has 2 N–H and O–H groups in total. The van der Waals surface area contributed by atoms with Gasteiger partial charge in [-0.25, -0.2) is 8.42 Å². The number of nitrogens with two attached hydrogens (primary N) is 1. The quantitative estimate of drug-likeness (QED) is 0.822. The summed E-state index contributed by atoms with van der Waals surface area (Å²) in [6.07, 6.45) is 1.24. The second-order valence-corrected chi connectivity index (χ2v) is 6.83. The molecule has 3 atom stereocenters. The molecule has 1 fully saturated rings. The van der Waals surface area contributed by atoms with E-state index in [0.29, 0.717) is 4.99 Å². The second-order valence-electron chi connectivity index (χ2n) is 4.16. The fourth-order valence-electron chi connectivity index (χ4n) is 2.23. The van der Waals surface area contributed by atoms with Gasteiger partial charge in [0.05, 0.1) is 10.2 Å². The van der Waals surface area contributed by atoms with Crippen molar-refractivity contribution in [2.45, 2.75) is 11.2 Å². The molecule has 86 valence electrons. The summed E-state index contributed by atoms with van der Waals surface area (Å²) in [6.45, 7) is 0. The van der Waals surface area contributed by atoms with Gasteiger partial charge in [-0.2, -0.15) is 0 Å². The third-order valence-electron chi connectivity index (χ3n) is 2.96. The molecule has 5 heteroatoms. The highest BCUT2D eigenvalue weighted by Crippen LogP contribution is 2.52. The Kier molecular flexibility index (Phi) is 2.75. The van der Waals surface area contributed by atoms with Crippen molar-refractivity contribution in [2.75, 3.05) is 6.26 Å². The van der Waals surface area contributed by atoms with Crippen molar-refractivity contribution in [3.05, 3.63) is 35.9 Å². The van der Waals surface area contributed by atoms with E-state index in [-0.39, 0.29) is 11.8 Å². The molecule has 0 bridgehead atoms. The third kappa shape index (κ3) is 1.97. The molecular formula is C11H13NO2S2. The Hall–Kier alpha value is -0.940. The van der Waals surface area contributed by atoms with E-state index >= 15 is 0 Å². The van der Waals surface area contributed by atoms with E-state index in [4.69, 9.17) is 18.0 Å². The molecule has 0 spiro atoms. The number of hydrogen-bond donors (Lipinski definition) is 1. The highest BCUT2D eigenvalue weighted by Gasteiger charge is 2.58. The summed E-state index contributed by atoms with van der Waals surface area (Å²) < 4.78 is 23.2. The van der Waals surface area contributed by atoms with E-state index in [0.717, 1.165) is 5.56 Å². The van der Waals surface area contributed by atoms with Gasteiger partial charge < -0.3 is 5.73 Å². The smallest absolute Gasteiger partial charge is 0.151 e. The minimum atomic E-state index is -3.09. The van der Waals surface area contributed by atoms with Crippen LogP contribution in [-0.4, -0.2) is 24.9 Å². The van der Waals surface area contributed by atoms with Crippen molar-refractivity contribution in [3.8, 4) is 0 Å². The number of hydrogen-bond acceptors (Lipinski definition) is 3. The normalized spacial score (nSPS) is 28.7. The molecule has 16 heavy (non-hydrogen) atoms. The van der Waals surface area contributed by atoms with Crippen molar-refractivity contribution in [3.63, 3.8) is 0 Å². The summed E-state index contributed by atoms with van der Waals surface area (Å²) in [6, 6.07) is 9.52. The molecular weight excluding hydrogens is 242 g/mol. The highest BCUT2D eigenvalue weighted by molar-refractivity contribution is 7.91. The van der Waals surface area contributed by atoms with E-state index in [1.54, 1.807) is 0 Å². The van der Waals surface area contributed by atoms with Gasteiger partial charge in [0.1, 0.15) is 0 Å². The van der Waals surface area contributed by atoms with Gasteiger partial charge >= 0.3 is 0 Å². The van der Waals surface area contributed by atoms with Gasteiger partial charge in [-0.1, -0.05) is 42.5 Å². The number of benzene rings is 1. The van der Waals surface area contributed by atoms with Crippen LogP contribution in [0.3, 0.4) is 0 Å². The highest BCUT2D eigenvalue weighted by atomic mass is 32.2. The predicted molar refractivity (Wildman–Crippen MR) is 68.1 cm³/mol. The molecule has 1 aliphatic rings. The summed E-state index contributed by atoms with van der Waals surface area (Å²) in [7, 11) is -3.09. The monoisotopic (exact) mass is 255 g/mol. The number of sulfone groups is 1. The van der Waals surface area contributed by atoms with E-state index < -0.39 is 15.1 Å². The van der Waals surface area contributed by atoms with Crippen molar-refractivity contribution >= 4 is 27.0 Å². The minimum absolute atomic E-state index is 0.0614. The Morgan fingerprint density at radius 2 is 1.88 bits per heavy atom. The average Bonchev–Trinajstić information content (AvgIpc) is 2.93. The fourth-order valence-corrected chi connectivity index (χ4v) is 4.22. The Morgan fingerprint density at radius 3 is 2.25 bits per heavy atom. The predicted octanol–water partition coefficient (Wildman–Crippen LogP) is 1.10. The molecule has 2 rings (SSSR count). The van der Waals surface area contributed by atoms with Gasteiger partial charge in [0.25, 0.3) is 0 Å². The SMILES string of the molecule is CS(=O)(=O)[C@@H]1[C@H](C(N)=S)[C@@H]1c1ccccc1. The van der Waals surface area contributed by atoms with Crippen LogP contribution in [0.1, 0.15) is 11.5 Å². The lowest BCUT2D eigenvalue weighted by Crippen LogP contribution is -2.16. The first-order chi connectivity index (χ1) is 7.43. The molecule has 1 aromatic carbocycles. The van der Waals surface area contributed by atoms with Gasteiger partial charge in [-0.3, -0.25) is 0 Å². The summed E-state index contributed by atoms with van der Waals surface area (Å²) in [4.78, 5) is 0.296. The summed E-state index contributed by atoms with van der Waals surface area (Å²) >= 11 is 4.92. The lowest BCUT2D eigenvalue weighted by atomic mass is 10.1. The van der Waals surface area contributed by atoms with Crippen molar-refractivity contribution < 1.29 is 8.42 Å². The zero-order chi connectivity index (χ0) is 11.9. The number of rotatable bonds is 3. The van der Waals surface area contributed by atoms with Crippen LogP contribution < -0.4 is 5.73 Å². The molecule has 1 aliphatic carbocycles. The van der Waals surface area contributed by atoms with Crippen molar-refractivity contribution in [2.24, 2.45) is 11.7 Å². The zero-order valence-corrected chi connectivity index (χ0v) is 10.5. The van der Waals surface area contributed by atoms with Gasteiger partial charge in [-0.05, 0) is 5.56 Å². The van der Waals surface area contributed by atoms with E-state index in [1.165, 1.54) is 6.26 Å². The Balaban J connectivity index is 2.34. The Labute approximate surface area is 101 Å². The largest absolute Gasteiger partial charge is 0.393 e. The van der Waals surface area contributed by atoms with E-state index in [1.807, 2.05) is 30.3 Å². The average molecular weight is 255 g/mol. The second kappa shape index (κ2) is 3.82. The van der Waals surface area contributed by atoms with Gasteiger partial charge in [0.15, 0.2) is 9.84 Å². The topological polar surface area (TPSA) is 60.2 Å². The van der Waals surface area contributed by atoms with Crippen molar-refractivity contribution in [1.29, 1.82) is 0 Å². The van der Waals surface area contributed by atoms with Crippen LogP contribution in [0.5, 0.6) is 0 Å². The fraction of sp³-hybridized carbons (Fsp3) is 0.364. The lowest BCUT2D eigenvalue weighted by molar-refractivity contribution is 0.599. The molecule has 0 heterocycles. The molecule has 0 radical (unpaired) electrons. The maximum Gasteiger partial charge on any atom is 0.151 e. The maximum atomic E-state index is 11.6. The van der Waals surface area contributed by atoms with E-state index in [2.05, 4.69) is 0 Å². The molecule has 3 nitrogen and oxygen atoms in total. The molecule has 0 aliphatic heterocycles. The third-order valence-corrected chi connectivity index (χ3v) is 4.81. The molecule has 0 aromatic heterocycles. The van der Waals surface area contributed by atoms with Gasteiger partial charge in [0, 0.05) is 18.1 Å². The van der Waals surface area contributed by atoms with Gasteiger partial charge in [-0.15, -0.1) is 0 Å². The first-order valence-electron chi connectivity index (χ1n) is 4.96. The zero-order valence-electron chi connectivity index (χ0n) is 8.83. The first kappa shape index (κ1) is 11.5. The molecule has 1 saturated carbocycles. The first-order valence-corrected chi connectivity index (χ1v) is 7.32. The van der Waals surface area contributed by atoms with Crippen LogP contribution in [0.4, 0.5) is 0 Å². The maximum absolute atomic E-state index is 11.6.